The second-order valence-corrected chi connectivity index (χ2v) is 7.16. The SMILES string of the molecule is COc1ccncc1C1=CC2CCC(C1)N2C(=O)OC(C)(C)C. The first-order valence-electron chi connectivity index (χ1n) is 8.09. The number of carbonyl (C=O) groups excluding carboxylic acids is 1. The van der Waals surface area contributed by atoms with Gasteiger partial charge in [0.05, 0.1) is 13.2 Å². The Balaban J connectivity index is 1.85. The topological polar surface area (TPSA) is 51.7 Å². The third-order valence-corrected chi connectivity index (χ3v) is 4.35. The predicted molar refractivity (Wildman–Crippen MR) is 88.3 cm³/mol. The molecule has 1 aromatic heterocycles. The lowest BCUT2D eigenvalue weighted by Gasteiger charge is -2.35. The van der Waals surface area contributed by atoms with Gasteiger partial charge in [-0.05, 0) is 51.7 Å². The maximum absolute atomic E-state index is 12.5. The molecular weight excluding hydrogens is 292 g/mol. The number of amides is 1. The van der Waals surface area contributed by atoms with Gasteiger partial charge in [-0.3, -0.25) is 9.88 Å². The Kier molecular flexibility index (Phi) is 4.04. The monoisotopic (exact) mass is 316 g/mol. The summed E-state index contributed by atoms with van der Waals surface area (Å²) in [6.45, 7) is 5.70. The first-order valence-corrected chi connectivity index (χ1v) is 8.09. The zero-order valence-electron chi connectivity index (χ0n) is 14.2. The lowest BCUT2D eigenvalue weighted by Crippen LogP contribution is -2.45. The van der Waals surface area contributed by atoms with Crippen LogP contribution in [0, 0.1) is 0 Å². The Morgan fingerprint density at radius 2 is 2.13 bits per heavy atom. The molecule has 0 aliphatic carbocycles. The van der Waals surface area contributed by atoms with E-state index in [4.69, 9.17) is 9.47 Å². The predicted octanol–water partition coefficient (Wildman–Crippen LogP) is 3.65. The van der Waals surface area contributed by atoms with Crippen LogP contribution in [-0.4, -0.2) is 40.8 Å². The van der Waals surface area contributed by atoms with Gasteiger partial charge in [0.2, 0.25) is 0 Å². The number of nitrogens with zero attached hydrogens (tertiary/aromatic N) is 2. The fourth-order valence-electron chi connectivity index (χ4n) is 3.43. The Morgan fingerprint density at radius 1 is 1.35 bits per heavy atom. The number of methoxy groups -OCH3 is 1. The van der Waals surface area contributed by atoms with Crippen molar-refractivity contribution in [2.24, 2.45) is 0 Å². The minimum absolute atomic E-state index is 0.100. The molecular formula is C18H24N2O3. The summed E-state index contributed by atoms with van der Waals surface area (Å²) in [4.78, 5) is 18.6. The van der Waals surface area contributed by atoms with Crippen molar-refractivity contribution in [3.8, 4) is 5.75 Å². The van der Waals surface area contributed by atoms with Gasteiger partial charge in [0.15, 0.2) is 0 Å². The summed E-state index contributed by atoms with van der Waals surface area (Å²) in [5.74, 6) is 0.830. The molecule has 2 bridgehead atoms. The van der Waals surface area contributed by atoms with E-state index in [1.807, 2.05) is 37.9 Å². The summed E-state index contributed by atoms with van der Waals surface area (Å²) in [6, 6.07) is 2.17. The first kappa shape index (κ1) is 15.8. The van der Waals surface area contributed by atoms with Gasteiger partial charge < -0.3 is 9.47 Å². The molecule has 3 heterocycles. The van der Waals surface area contributed by atoms with Gasteiger partial charge in [-0.1, -0.05) is 6.08 Å². The fourth-order valence-corrected chi connectivity index (χ4v) is 3.43. The molecule has 3 rings (SSSR count). The van der Waals surface area contributed by atoms with Gasteiger partial charge in [0, 0.05) is 24.0 Å². The van der Waals surface area contributed by atoms with E-state index >= 15 is 0 Å². The molecule has 2 unspecified atom stereocenters. The molecule has 2 atom stereocenters. The normalized spacial score (nSPS) is 23.5. The maximum Gasteiger partial charge on any atom is 0.411 e. The molecule has 2 aliphatic heterocycles. The number of fused-ring (bicyclic) bond motifs is 2. The molecule has 1 saturated heterocycles. The Morgan fingerprint density at radius 3 is 2.78 bits per heavy atom. The molecule has 2 aliphatic rings. The van der Waals surface area contributed by atoms with Gasteiger partial charge in [-0.15, -0.1) is 0 Å². The van der Waals surface area contributed by atoms with Gasteiger partial charge in [-0.25, -0.2) is 4.79 Å². The van der Waals surface area contributed by atoms with Crippen molar-refractivity contribution in [2.45, 2.75) is 57.7 Å². The number of hydrogen-bond acceptors (Lipinski definition) is 4. The van der Waals surface area contributed by atoms with Gasteiger partial charge in [0.1, 0.15) is 11.4 Å². The molecule has 0 spiro atoms. The molecule has 23 heavy (non-hydrogen) atoms. The van der Waals surface area contributed by atoms with Gasteiger partial charge >= 0.3 is 6.09 Å². The van der Waals surface area contributed by atoms with E-state index < -0.39 is 5.60 Å². The molecule has 0 saturated carbocycles. The summed E-state index contributed by atoms with van der Waals surface area (Å²) in [5.41, 5.74) is 1.77. The second kappa shape index (κ2) is 5.87. The average Bonchev–Trinajstić information content (AvgIpc) is 2.76. The number of rotatable bonds is 2. The number of pyridine rings is 1. The number of ether oxygens (including phenoxy) is 2. The summed E-state index contributed by atoms with van der Waals surface area (Å²) in [6.07, 6.45) is 8.34. The van der Waals surface area contributed by atoms with Crippen LogP contribution < -0.4 is 4.74 Å². The first-order chi connectivity index (χ1) is 10.9. The fraction of sp³-hybridized carbons (Fsp3) is 0.556. The standard InChI is InChI=1S/C18H24N2O3/c1-18(2,3)23-17(21)20-13-5-6-14(20)10-12(9-13)15-11-19-8-7-16(15)22-4/h7-9,11,13-14H,5-6,10H2,1-4H3. The Labute approximate surface area is 137 Å². The van der Waals surface area contributed by atoms with Gasteiger partial charge in [0.25, 0.3) is 0 Å². The number of carbonyl (C=O) groups is 1. The van der Waals surface area contributed by atoms with Crippen LogP contribution >= 0.6 is 0 Å². The van der Waals surface area contributed by atoms with Crippen LogP contribution in [0.15, 0.2) is 24.5 Å². The zero-order chi connectivity index (χ0) is 16.6. The summed E-state index contributed by atoms with van der Waals surface area (Å²) >= 11 is 0. The summed E-state index contributed by atoms with van der Waals surface area (Å²) in [7, 11) is 1.67. The van der Waals surface area contributed by atoms with Crippen molar-refractivity contribution >= 4 is 11.7 Å². The van der Waals surface area contributed by atoms with E-state index in [2.05, 4.69) is 11.1 Å². The zero-order valence-corrected chi connectivity index (χ0v) is 14.2. The van der Waals surface area contributed by atoms with Crippen molar-refractivity contribution in [1.29, 1.82) is 0 Å². The quantitative estimate of drug-likeness (QED) is 0.836. The van der Waals surface area contributed by atoms with Crippen LogP contribution in [0.4, 0.5) is 4.79 Å². The molecule has 5 nitrogen and oxygen atoms in total. The Hall–Kier alpha value is -2.04. The molecule has 0 N–H and O–H groups in total. The van der Waals surface area contributed by atoms with Crippen molar-refractivity contribution in [3.63, 3.8) is 0 Å². The Bertz CT molecular complexity index is 633. The number of hydrogen-bond donors (Lipinski definition) is 0. The van der Waals surface area contributed by atoms with Crippen molar-refractivity contribution in [3.05, 3.63) is 30.1 Å². The average molecular weight is 316 g/mol. The van der Waals surface area contributed by atoms with Crippen LogP contribution in [-0.2, 0) is 4.74 Å². The van der Waals surface area contributed by atoms with E-state index in [0.717, 1.165) is 30.6 Å². The molecule has 124 valence electrons. The second-order valence-electron chi connectivity index (χ2n) is 7.16. The summed E-state index contributed by atoms with van der Waals surface area (Å²) in [5, 5.41) is 0. The molecule has 5 heteroatoms. The largest absolute Gasteiger partial charge is 0.496 e. The van der Waals surface area contributed by atoms with Crippen LogP contribution in [0.3, 0.4) is 0 Å². The minimum Gasteiger partial charge on any atom is -0.496 e. The molecule has 1 aromatic rings. The summed E-state index contributed by atoms with van der Waals surface area (Å²) < 4.78 is 11.0. The van der Waals surface area contributed by atoms with Crippen LogP contribution in [0.25, 0.3) is 5.57 Å². The van der Waals surface area contributed by atoms with Crippen LogP contribution in [0.1, 0.15) is 45.6 Å². The van der Waals surface area contributed by atoms with E-state index in [1.165, 1.54) is 5.57 Å². The molecule has 0 aromatic carbocycles. The van der Waals surface area contributed by atoms with E-state index in [1.54, 1.807) is 13.3 Å². The third-order valence-electron chi connectivity index (χ3n) is 4.35. The molecule has 0 radical (unpaired) electrons. The van der Waals surface area contributed by atoms with E-state index in [0.29, 0.717) is 0 Å². The maximum atomic E-state index is 12.5. The highest BCUT2D eigenvalue weighted by atomic mass is 16.6. The van der Waals surface area contributed by atoms with Crippen LogP contribution in [0.2, 0.25) is 0 Å². The van der Waals surface area contributed by atoms with E-state index in [9.17, 15) is 4.79 Å². The van der Waals surface area contributed by atoms with E-state index in [-0.39, 0.29) is 18.2 Å². The number of aromatic nitrogens is 1. The van der Waals surface area contributed by atoms with Crippen molar-refractivity contribution in [1.82, 2.24) is 9.88 Å². The lowest BCUT2D eigenvalue weighted by molar-refractivity contribution is 0.0175. The molecule has 1 amide bonds. The highest BCUT2D eigenvalue weighted by Gasteiger charge is 2.41. The van der Waals surface area contributed by atoms with Crippen LogP contribution in [0.5, 0.6) is 5.75 Å². The highest BCUT2D eigenvalue weighted by Crippen LogP contribution is 2.41. The van der Waals surface area contributed by atoms with Crippen molar-refractivity contribution in [2.75, 3.05) is 7.11 Å². The lowest BCUT2D eigenvalue weighted by atomic mass is 9.95. The third kappa shape index (κ3) is 3.19. The van der Waals surface area contributed by atoms with Gasteiger partial charge in [-0.2, -0.15) is 0 Å². The molecule has 1 fully saturated rings. The smallest absolute Gasteiger partial charge is 0.411 e. The highest BCUT2D eigenvalue weighted by molar-refractivity contribution is 5.76. The minimum atomic E-state index is -0.465. The van der Waals surface area contributed by atoms with Crippen molar-refractivity contribution < 1.29 is 14.3 Å².